The molecule has 0 spiro atoms. The van der Waals surface area contributed by atoms with Gasteiger partial charge in [0.05, 0.1) is 12.5 Å². The second kappa shape index (κ2) is 13.4. The Hall–Kier alpha value is -1.84. The zero-order chi connectivity index (χ0) is 20.0. The molecule has 28 heavy (non-hydrogen) atoms. The van der Waals surface area contributed by atoms with Gasteiger partial charge in [-0.15, -0.1) is 0 Å². The number of carbonyl (C=O) groups excluding carboxylic acids is 2. The molecule has 0 radical (unpaired) electrons. The zero-order valence-electron chi connectivity index (χ0n) is 17.5. The quantitative estimate of drug-likeness (QED) is 0.346. The average molecular weight is 388 g/mol. The lowest BCUT2D eigenvalue weighted by Gasteiger charge is -2.31. The minimum Gasteiger partial charge on any atom is -0.465 e. The van der Waals surface area contributed by atoms with E-state index in [1.807, 2.05) is 35.2 Å². The normalized spacial score (nSPS) is 14.8. The number of nitrogens with zero attached hydrogens (tertiary/aromatic N) is 1. The molecule has 1 aromatic rings. The van der Waals surface area contributed by atoms with Gasteiger partial charge in [0.2, 0.25) is 0 Å². The Morgan fingerprint density at radius 2 is 1.46 bits per heavy atom. The Kier molecular flexibility index (Phi) is 10.7. The van der Waals surface area contributed by atoms with Crippen molar-refractivity contribution in [2.45, 2.75) is 77.6 Å². The maximum absolute atomic E-state index is 12.5. The van der Waals surface area contributed by atoms with Crippen molar-refractivity contribution in [2.24, 2.45) is 5.92 Å². The number of ether oxygens (including phenoxy) is 1. The first kappa shape index (κ1) is 22.4. The summed E-state index contributed by atoms with van der Waals surface area (Å²) in [5.41, 5.74) is 0.717. The Labute approximate surface area is 170 Å². The van der Waals surface area contributed by atoms with Crippen molar-refractivity contribution in [3.63, 3.8) is 0 Å². The van der Waals surface area contributed by atoms with E-state index in [1.54, 1.807) is 0 Å². The molecule has 4 nitrogen and oxygen atoms in total. The van der Waals surface area contributed by atoms with E-state index in [0.29, 0.717) is 38.1 Å². The van der Waals surface area contributed by atoms with Gasteiger partial charge in [-0.2, -0.15) is 0 Å². The first-order chi connectivity index (χ1) is 13.7. The number of rotatable bonds is 12. The molecule has 0 saturated carbocycles. The summed E-state index contributed by atoms with van der Waals surface area (Å²) in [4.78, 5) is 26.6. The first-order valence-corrected chi connectivity index (χ1v) is 11.2. The zero-order valence-corrected chi connectivity index (χ0v) is 17.5. The second-order valence-electron chi connectivity index (χ2n) is 7.93. The van der Waals surface area contributed by atoms with Crippen LogP contribution in [-0.2, 0) is 9.53 Å². The van der Waals surface area contributed by atoms with Gasteiger partial charge in [-0.1, -0.05) is 76.5 Å². The van der Waals surface area contributed by atoms with Crippen molar-refractivity contribution < 1.29 is 14.3 Å². The summed E-state index contributed by atoms with van der Waals surface area (Å²) in [6, 6.07) is 9.35. The predicted molar refractivity (Wildman–Crippen MR) is 113 cm³/mol. The van der Waals surface area contributed by atoms with Gasteiger partial charge >= 0.3 is 5.97 Å². The van der Waals surface area contributed by atoms with Crippen molar-refractivity contribution >= 4 is 11.9 Å². The molecule has 1 fully saturated rings. The molecular weight excluding hydrogens is 350 g/mol. The number of amides is 1. The van der Waals surface area contributed by atoms with Crippen LogP contribution in [0.25, 0.3) is 0 Å². The Balaban J connectivity index is 1.52. The maximum Gasteiger partial charge on any atom is 0.309 e. The predicted octanol–water partition coefficient (Wildman–Crippen LogP) is 5.61. The summed E-state index contributed by atoms with van der Waals surface area (Å²) < 4.78 is 5.48. The van der Waals surface area contributed by atoms with Crippen LogP contribution >= 0.6 is 0 Å². The molecule has 156 valence electrons. The van der Waals surface area contributed by atoms with E-state index in [9.17, 15) is 9.59 Å². The minimum absolute atomic E-state index is 0.0570. The van der Waals surface area contributed by atoms with Crippen LogP contribution < -0.4 is 0 Å². The molecule has 0 N–H and O–H groups in total. The molecule has 1 heterocycles. The van der Waals surface area contributed by atoms with E-state index < -0.39 is 0 Å². The molecule has 0 aliphatic carbocycles. The van der Waals surface area contributed by atoms with Gasteiger partial charge in [0.15, 0.2) is 0 Å². The van der Waals surface area contributed by atoms with Gasteiger partial charge in [-0.05, 0) is 31.4 Å². The monoisotopic (exact) mass is 387 g/mol. The van der Waals surface area contributed by atoms with E-state index in [-0.39, 0.29) is 17.8 Å². The lowest BCUT2D eigenvalue weighted by atomic mass is 9.96. The Morgan fingerprint density at radius 1 is 0.893 bits per heavy atom. The van der Waals surface area contributed by atoms with Crippen LogP contribution in [0, 0.1) is 5.92 Å². The summed E-state index contributed by atoms with van der Waals surface area (Å²) in [5, 5.41) is 0. The molecule has 0 atom stereocenters. The van der Waals surface area contributed by atoms with Gasteiger partial charge in [-0.25, -0.2) is 0 Å². The van der Waals surface area contributed by atoms with E-state index in [0.717, 1.165) is 12.8 Å². The molecule has 1 amide bonds. The second-order valence-corrected chi connectivity index (χ2v) is 7.93. The van der Waals surface area contributed by atoms with Gasteiger partial charge in [0, 0.05) is 18.7 Å². The van der Waals surface area contributed by atoms with Gasteiger partial charge in [0.1, 0.15) is 0 Å². The van der Waals surface area contributed by atoms with E-state index in [2.05, 4.69) is 6.92 Å². The van der Waals surface area contributed by atoms with Crippen LogP contribution in [0.4, 0.5) is 0 Å². The number of carbonyl (C=O) groups is 2. The average Bonchev–Trinajstić information content (AvgIpc) is 2.75. The van der Waals surface area contributed by atoms with Crippen LogP contribution in [-0.4, -0.2) is 36.5 Å². The van der Waals surface area contributed by atoms with Gasteiger partial charge < -0.3 is 9.64 Å². The Morgan fingerprint density at radius 3 is 2.07 bits per heavy atom. The number of piperidine rings is 1. The van der Waals surface area contributed by atoms with Gasteiger partial charge in [0.25, 0.3) is 5.91 Å². The fraction of sp³-hybridized carbons (Fsp3) is 0.667. The van der Waals surface area contributed by atoms with E-state index in [1.165, 1.54) is 44.9 Å². The summed E-state index contributed by atoms with van der Waals surface area (Å²) >= 11 is 0. The molecule has 0 unspecified atom stereocenters. The highest BCUT2D eigenvalue weighted by Gasteiger charge is 2.28. The van der Waals surface area contributed by atoms with Crippen LogP contribution in [0.15, 0.2) is 30.3 Å². The summed E-state index contributed by atoms with van der Waals surface area (Å²) in [5.74, 6) is -0.0770. The van der Waals surface area contributed by atoms with Crippen molar-refractivity contribution in [3.05, 3.63) is 35.9 Å². The maximum atomic E-state index is 12.5. The van der Waals surface area contributed by atoms with Crippen molar-refractivity contribution in [1.82, 2.24) is 4.90 Å². The molecule has 1 aliphatic rings. The molecule has 2 rings (SSSR count). The highest BCUT2D eigenvalue weighted by Crippen LogP contribution is 2.20. The highest BCUT2D eigenvalue weighted by molar-refractivity contribution is 5.94. The first-order valence-electron chi connectivity index (χ1n) is 11.2. The third-order valence-electron chi connectivity index (χ3n) is 5.63. The van der Waals surface area contributed by atoms with E-state index >= 15 is 0 Å². The Bertz CT molecular complexity index is 564. The topological polar surface area (TPSA) is 46.6 Å². The summed E-state index contributed by atoms with van der Waals surface area (Å²) in [7, 11) is 0. The van der Waals surface area contributed by atoms with E-state index in [4.69, 9.17) is 4.74 Å². The molecule has 1 aliphatic heterocycles. The third-order valence-corrected chi connectivity index (χ3v) is 5.63. The fourth-order valence-corrected chi connectivity index (χ4v) is 3.78. The minimum atomic E-state index is -0.0774. The van der Waals surface area contributed by atoms with Crippen LogP contribution in [0.5, 0.6) is 0 Å². The summed E-state index contributed by atoms with van der Waals surface area (Å²) in [6.45, 7) is 4.05. The largest absolute Gasteiger partial charge is 0.465 e. The summed E-state index contributed by atoms with van der Waals surface area (Å²) in [6.07, 6.45) is 12.8. The molecule has 0 bridgehead atoms. The number of esters is 1. The van der Waals surface area contributed by atoms with Crippen molar-refractivity contribution in [2.75, 3.05) is 19.7 Å². The van der Waals surface area contributed by atoms with Crippen molar-refractivity contribution in [3.8, 4) is 0 Å². The molecule has 4 heteroatoms. The number of benzene rings is 1. The third kappa shape index (κ3) is 8.04. The number of hydrogen-bond acceptors (Lipinski definition) is 3. The molecule has 1 aromatic carbocycles. The molecule has 1 saturated heterocycles. The lowest BCUT2D eigenvalue weighted by Crippen LogP contribution is -2.40. The standard InChI is InChI=1S/C24H37NO3/c1-2-3-4-5-6-7-8-9-13-20-28-24(27)22-16-18-25(19-17-22)23(26)21-14-11-10-12-15-21/h10-12,14-15,22H,2-9,13,16-20H2,1H3. The van der Waals surface area contributed by atoms with Gasteiger partial charge in [-0.3, -0.25) is 9.59 Å². The lowest BCUT2D eigenvalue weighted by molar-refractivity contribution is -0.150. The molecular formula is C24H37NO3. The fourth-order valence-electron chi connectivity index (χ4n) is 3.78. The van der Waals surface area contributed by atoms with Crippen LogP contribution in [0.2, 0.25) is 0 Å². The SMILES string of the molecule is CCCCCCCCCCCOC(=O)C1CCN(C(=O)c2ccccc2)CC1. The van der Waals surface area contributed by atoms with Crippen LogP contribution in [0.1, 0.15) is 87.9 Å². The highest BCUT2D eigenvalue weighted by atomic mass is 16.5. The smallest absolute Gasteiger partial charge is 0.309 e. The number of hydrogen-bond donors (Lipinski definition) is 0. The van der Waals surface area contributed by atoms with Crippen molar-refractivity contribution in [1.29, 1.82) is 0 Å². The molecule has 0 aromatic heterocycles. The van der Waals surface area contributed by atoms with Crippen LogP contribution in [0.3, 0.4) is 0 Å². The number of unbranched alkanes of at least 4 members (excludes halogenated alkanes) is 8. The number of likely N-dealkylation sites (tertiary alicyclic amines) is 1.